The van der Waals surface area contributed by atoms with E-state index in [9.17, 15) is 5.11 Å². The number of fused-ring (bicyclic) bond motifs is 1. The molecule has 1 fully saturated rings. The summed E-state index contributed by atoms with van der Waals surface area (Å²) in [6.45, 7) is 1.48. The number of hydrogen-bond donors (Lipinski definition) is 2. The van der Waals surface area contributed by atoms with E-state index >= 15 is 0 Å². The molecule has 0 radical (unpaired) electrons. The number of hydrogen-bond acceptors (Lipinski definition) is 6. The summed E-state index contributed by atoms with van der Waals surface area (Å²) in [6.07, 6.45) is 5.46. The Morgan fingerprint density at radius 3 is 3.17 bits per heavy atom. The van der Waals surface area contributed by atoms with Gasteiger partial charge in [-0.3, -0.25) is 4.57 Å². The van der Waals surface area contributed by atoms with Crippen molar-refractivity contribution in [1.29, 1.82) is 0 Å². The van der Waals surface area contributed by atoms with Gasteiger partial charge in [0.25, 0.3) is 0 Å². The van der Waals surface area contributed by atoms with E-state index in [1.54, 1.807) is 18.0 Å². The number of benzene rings is 1. The van der Waals surface area contributed by atoms with Crippen molar-refractivity contribution in [3.63, 3.8) is 0 Å². The number of rotatable bonds is 3. The molecule has 3 heterocycles. The second-order valence-corrected chi connectivity index (χ2v) is 6.03. The maximum Gasteiger partial charge on any atom is 0.220 e. The number of aromatic hydroxyl groups is 1. The van der Waals surface area contributed by atoms with Gasteiger partial charge >= 0.3 is 0 Å². The Balaban J connectivity index is 1.64. The number of nitrogens with zero attached hydrogens (tertiary/aromatic N) is 4. The normalized spacial score (nSPS) is 20.0. The van der Waals surface area contributed by atoms with Crippen LogP contribution < -0.4 is 15.9 Å². The molecule has 0 saturated carbocycles. The van der Waals surface area contributed by atoms with Gasteiger partial charge in [0.2, 0.25) is 11.8 Å². The van der Waals surface area contributed by atoms with Gasteiger partial charge < -0.3 is 15.2 Å². The maximum absolute atomic E-state index is 10.4. The van der Waals surface area contributed by atoms with Crippen LogP contribution in [0.15, 0.2) is 28.2 Å². The smallest absolute Gasteiger partial charge is 0.220 e. The molecule has 1 saturated heterocycles. The van der Waals surface area contributed by atoms with Gasteiger partial charge in [-0.1, -0.05) is 6.07 Å². The number of anilines is 1. The highest BCUT2D eigenvalue weighted by Crippen LogP contribution is 2.23. The van der Waals surface area contributed by atoms with Crippen LogP contribution in [0.25, 0.3) is 6.08 Å². The fourth-order valence-corrected chi connectivity index (χ4v) is 2.93. The molecular formula is C17H19N5O2. The van der Waals surface area contributed by atoms with Crippen molar-refractivity contribution in [3.8, 4) is 5.88 Å². The summed E-state index contributed by atoms with van der Waals surface area (Å²) < 4.78 is 7.13. The molecule has 2 aliphatic heterocycles. The number of aliphatic imine (C=N–C) groups is 1. The van der Waals surface area contributed by atoms with Crippen LogP contribution in [0.1, 0.15) is 18.5 Å². The van der Waals surface area contributed by atoms with Gasteiger partial charge in [-0.2, -0.15) is 0 Å². The minimum Gasteiger partial charge on any atom is -0.493 e. The number of ether oxygens (including phenoxy) is 1. The van der Waals surface area contributed by atoms with E-state index in [0.29, 0.717) is 18.2 Å². The lowest BCUT2D eigenvalue weighted by atomic mass is 10.1. The Morgan fingerprint density at radius 1 is 1.42 bits per heavy atom. The van der Waals surface area contributed by atoms with Crippen LogP contribution in [0.4, 0.5) is 11.6 Å². The molecule has 1 atom stereocenters. The second-order valence-electron chi connectivity index (χ2n) is 6.03. The molecule has 2 aliphatic rings. The second kappa shape index (κ2) is 6.09. The molecule has 1 aromatic carbocycles. The first-order valence-electron chi connectivity index (χ1n) is 8.03. The zero-order valence-corrected chi connectivity index (χ0v) is 13.4. The van der Waals surface area contributed by atoms with Crippen LogP contribution in [0.2, 0.25) is 0 Å². The van der Waals surface area contributed by atoms with Crippen molar-refractivity contribution in [2.45, 2.75) is 18.9 Å². The van der Waals surface area contributed by atoms with E-state index in [1.165, 1.54) is 0 Å². The molecule has 2 aromatic rings. The third-order valence-corrected chi connectivity index (χ3v) is 4.28. The lowest BCUT2D eigenvalue weighted by molar-refractivity contribution is 0.0873. The van der Waals surface area contributed by atoms with Crippen LogP contribution in [-0.2, 0) is 11.8 Å². The predicted molar refractivity (Wildman–Crippen MR) is 91.3 cm³/mol. The van der Waals surface area contributed by atoms with Crippen LogP contribution in [0, 0.1) is 0 Å². The van der Waals surface area contributed by atoms with Crippen molar-refractivity contribution in [2.75, 3.05) is 18.5 Å². The van der Waals surface area contributed by atoms with Crippen molar-refractivity contribution >= 4 is 24.1 Å². The number of imidazole rings is 1. The van der Waals surface area contributed by atoms with Gasteiger partial charge in [-0.05, 0) is 36.3 Å². The summed E-state index contributed by atoms with van der Waals surface area (Å²) >= 11 is 0. The predicted octanol–water partition coefficient (Wildman–Crippen LogP) is 0.838. The Kier molecular flexibility index (Phi) is 3.78. The molecular weight excluding hydrogens is 306 g/mol. The van der Waals surface area contributed by atoms with Crippen molar-refractivity contribution < 1.29 is 9.84 Å². The van der Waals surface area contributed by atoms with E-state index in [0.717, 1.165) is 35.7 Å². The SMILES string of the molecule is Cn1c(N[C@H]2CCCOC2)nc(C=c2ccc3c(c2)N=CN=3)c1O. The Bertz CT molecular complexity index is 910. The molecule has 4 rings (SSSR count). The molecule has 7 nitrogen and oxygen atoms in total. The topological polar surface area (TPSA) is 84.0 Å². The molecule has 124 valence electrons. The van der Waals surface area contributed by atoms with Crippen LogP contribution in [-0.4, -0.2) is 40.3 Å². The molecule has 0 aliphatic carbocycles. The molecule has 7 heteroatoms. The molecule has 0 bridgehead atoms. The van der Waals surface area contributed by atoms with E-state index in [2.05, 4.69) is 20.3 Å². The monoisotopic (exact) mass is 325 g/mol. The average Bonchev–Trinajstić information content (AvgIpc) is 3.16. The Hall–Kier alpha value is -2.67. The van der Waals surface area contributed by atoms with E-state index < -0.39 is 0 Å². The first-order chi connectivity index (χ1) is 11.7. The zero-order valence-electron chi connectivity index (χ0n) is 13.4. The van der Waals surface area contributed by atoms with Gasteiger partial charge in [0.15, 0.2) is 0 Å². The van der Waals surface area contributed by atoms with Crippen molar-refractivity contribution in [3.05, 3.63) is 34.5 Å². The molecule has 0 spiro atoms. The van der Waals surface area contributed by atoms with Crippen molar-refractivity contribution in [1.82, 2.24) is 9.55 Å². The van der Waals surface area contributed by atoms with E-state index in [1.807, 2.05) is 24.3 Å². The summed E-state index contributed by atoms with van der Waals surface area (Å²) in [5.41, 5.74) is 1.35. The third kappa shape index (κ3) is 2.78. The van der Waals surface area contributed by atoms with Gasteiger partial charge in [-0.25, -0.2) is 15.0 Å². The standard InChI is InChI=1S/C17H19N5O2/c1-22-16(23)15(21-17(22)20-12-3-2-6-24-9-12)8-11-4-5-13-14(7-11)19-10-18-13/h4-5,7-8,10,12,23H,2-3,6,9H2,1H3,(H,20,21)/t12-/m0/s1. The fraction of sp³-hybridized carbons (Fsp3) is 0.353. The van der Waals surface area contributed by atoms with Gasteiger partial charge in [0.1, 0.15) is 12.0 Å². The minimum atomic E-state index is 0.128. The summed E-state index contributed by atoms with van der Waals surface area (Å²) in [5.74, 6) is 0.770. The highest BCUT2D eigenvalue weighted by Gasteiger charge is 2.18. The van der Waals surface area contributed by atoms with Gasteiger partial charge in [0.05, 0.1) is 23.7 Å². The Labute approximate surface area is 139 Å². The summed E-state index contributed by atoms with van der Waals surface area (Å²) in [4.78, 5) is 12.9. The highest BCUT2D eigenvalue weighted by atomic mass is 16.5. The largest absolute Gasteiger partial charge is 0.493 e. The number of nitrogens with one attached hydrogen (secondary N) is 1. The van der Waals surface area contributed by atoms with Gasteiger partial charge in [-0.15, -0.1) is 0 Å². The third-order valence-electron chi connectivity index (χ3n) is 4.28. The molecule has 0 unspecified atom stereocenters. The molecule has 1 aromatic heterocycles. The first-order valence-corrected chi connectivity index (χ1v) is 8.03. The van der Waals surface area contributed by atoms with E-state index in [4.69, 9.17) is 4.74 Å². The summed E-state index contributed by atoms with van der Waals surface area (Å²) in [6, 6.07) is 6.00. The highest BCUT2D eigenvalue weighted by molar-refractivity contribution is 5.67. The molecule has 24 heavy (non-hydrogen) atoms. The first kappa shape index (κ1) is 14.9. The lowest BCUT2D eigenvalue weighted by Crippen LogP contribution is -2.31. The molecule has 0 amide bonds. The average molecular weight is 325 g/mol. The minimum absolute atomic E-state index is 0.128. The van der Waals surface area contributed by atoms with Gasteiger partial charge in [0, 0.05) is 13.7 Å². The van der Waals surface area contributed by atoms with Crippen molar-refractivity contribution in [2.24, 2.45) is 17.0 Å². The quantitative estimate of drug-likeness (QED) is 0.876. The fourth-order valence-electron chi connectivity index (χ4n) is 2.93. The lowest BCUT2D eigenvalue weighted by Gasteiger charge is -2.23. The van der Waals surface area contributed by atoms with Crippen LogP contribution in [0.5, 0.6) is 5.88 Å². The summed E-state index contributed by atoms with van der Waals surface area (Å²) in [7, 11) is 1.79. The maximum atomic E-state index is 10.4. The van der Waals surface area contributed by atoms with Crippen LogP contribution in [0.3, 0.4) is 0 Å². The van der Waals surface area contributed by atoms with E-state index in [-0.39, 0.29) is 11.9 Å². The summed E-state index contributed by atoms with van der Waals surface area (Å²) in [5, 5.41) is 15.5. The number of aromatic nitrogens is 2. The zero-order chi connectivity index (χ0) is 16.5. The van der Waals surface area contributed by atoms with Crippen LogP contribution >= 0.6 is 0 Å². The Morgan fingerprint density at radius 2 is 2.33 bits per heavy atom. The molecule has 2 N–H and O–H groups in total.